The van der Waals surface area contributed by atoms with Crippen LogP contribution in [-0.2, 0) is 16.0 Å². The molecule has 0 saturated heterocycles. The van der Waals surface area contributed by atoms with Crippen molar-refractivity contribution < 1.29 is 19.1 Å². The summed E-state index contributed by atoms with van der Waals surface area (Å²) in [6.07, 6.45) is -0.375. The van der Waals surface area contributed by atoms with E-state index in [2.05, 4.69) is 5.32 Å². The highest BCUT2D eigenvalue weighted by atomic mass is 32.2. The molecule has 1 aromatic rings. The average Bonchev–Trinajstić information content (AvgIpc) is 2.29. The second-order valence-electron chi connectivity index (χ2n) is 5.33. The first-order chi connectivity index (χ1) is 9.17. The van der Waals surface area contributed by atoms with Crippen LogP contribution in [0.5, 0.6) is 0 Å². The first kappa shape index (κ1) is 16.5. The predicted molar refractivity (Wildman–Crippen MR) is 78.6 cm³/mol. The number of hydrogen-bond acceptors (Lipinski definition) is 3. The number of carbonyl (C=O) groups is 2. The summed E-state index contributed by atoms with van der Waals surface area (Å²) in [6.45, 7) is 6.02. The average molecular weight is 299 g/mol. The monoisotopic (exact) mass is 299 g/mol. The lowest BCUT2D eigenvalue weighted by Gasteiger charge is -2.17. The Morgan fingerprint density at radius 3 is 2.50 bits per heavy atom. The van der Waals surface area contributed by atoms with Crippen molar-refractivity contribution >= 4 is 29.3 Å². The van der Waals surface area contributed by atoms with Crippen LogP contribution < -0.4 is 5.32 Å². The molecule has 4 nitrogen and oxygen atoms in total. The number of aliphatic carboxylic acids is 1. The number of benzene rings is 1. The molecule has 0 aliphatic heterocycles. The van der Waals surface area contributed by atoms with Gasteiger partial charge in [-0.3, -0.25) is 9.59 Å². The maximum Gasteiger partial charge on any atom is 0.307 e. The molecule has 1 amide bonds. The van der Waals surface area contributed by atoms with Crippen molar-refractivity contribution in [3.63, 3.8) is 0 Å². The number of nitrogens with one attached hydrogen (secondary N) is 1. The first-order valence-corrected chi connectivity index (χ1v) is 7.10. The maximum atomic E-state index is 13.6. The van der Waals surface area contributed by atoms with Crippen LogP contribution in [0.4, 0.5) is 10.1 Å². The van der Waals surface area contributed by atoms with E-state index in [1.165, 1.54) is 23.9 Å². The third kappa shape index (κ3) is 6.06. The lowest BCUT2D eigenvalue weighted by atomic mass is 10.1. The molecule has 6 heteroatoms. The molecule has 0 radical (unpaired) electrons. The summed E-state index contributed by atoms with van der Waals surface area (Å²) in [4.78, 5) is 22.2. The lowest BCUT2D eigenvalue weighted by Crippen LogP contribution is -2.19. The van der Waals surface area contributed by atoms with Crippen LogP contribution in [0.1, 0.15) is 26.3 Å². The van der Waals surface area contributed by atoms with Gasteiger partial charge in [0.25, 0.3) is 0 Å². The zero-order valence-electron chi connectivity index (χ0n) is 11.7. The first-order valence-electron chi connectivity index (χ1n) is 6.11. The minimum Gasteiger partial charge on any atom is -0.481 e. The fourth-order valence-corrected chi connectivity index (χ4v) is 2.05. The molecule has 2 N–H and O–H groups in total. The number of carboxylic acid groups (broad SMARTS) is 1. The number of anilines is 1. The van der Waals surface area contributed by atoms with Gasteiger partial charge in [0.1, 0.15) is 5.82 Å². The molecule has 0 spiro atoms. The highest BCUT2D eigenvalue weighted by molar-refractivity contribution is 8.01. The van der Waals surface area contributed by atoms with E-state index in [1.807, 2.05) is 20.8 Å². The standard InChI is InChI=1S/C14H18FNO3S/c1-14(2,3)20-8-12(17)16-10-5-4-9(6-13(18)19)11(15)7-10/h4-5,7H,6,8H2,1-3H3,(H,16,17)(H,18,19). The number of carbonyl (C=O) groups excluding carboxylic acids is 1. The summed E-state index contributed by atoms with van der Waals surface area (Å²) in [5.74, 6) is -1.66. The molecule has 1 rings (SSSR count). The lowest BCUT2D eigenvalue weighted by molar-refractivity contribution is -0.136. The topological polar surface area (TPSA) is 66.4 Å². The highest BCUT2D eigenvalue weighted by Gasteiger charge is 2.14. The van der Waals surface area contributed by atoms with Gasteiger partial charge in [0.15, 0.2) is 0 Å². The van der Waals surface area contributed by atoms with Gasteiger partial charge in [-0.25, -0.2) is 4.39 Å². The number of carboxylic acids is 1. The molecule has 0 aromatic heterocycles. The van der Waals surface area contributed by atoms with Crippen molar-refractivity contribution in [3.8, 4) is 0 Å². The van der Waals surface area contributed by atoms with Gasteiger partial charge in [0, 0.05) is 10.4 Å². The van der Waals surface area contributed by atoms with Crippen molar-refractivity contribution in [3.05, 3.63) is 29.6 Å². The van der Waals surface area contributed by atoms with E-state index >= 15 is 0 Å². The molecule has 0 aliphatic carbocycles. The van der Waals surface area contributed by atoms with E-state index in [-0.39, 0.29) is 28.4 Å². The quantitative estimate of drug-likeness (QED) is 0.877. The molecule has 20 heavy (non-hydrogen) atoms. The van der Waals surface area contributed by atoms with Gasteiger partial charge < -0.3 is 10.4 Å². The fraction of sp³-hybridized carbons (Fsp3) is 0.429. The molecule has 0 atom stereocenters. The van der Waals surface area contributed by atoms with Crippen molar-refractivity contribution in [2.24, 2.45) is 0 Å². The van der Waals surface area contributed by atoms with E-state index in [0.29, 0.717) is 5.69 Å². The van der Waals surface area contributed by atoms with Crippen LogP contribution in [0, 0.1) is 5.82 Å². The van der Waals surface area contributed by atoms with Crippen LogP contribution in [0.2, 0.25) is 0 Å². The molecule has 0 bridgehead atoms. The summed E-state index contributed by atoms with van der Waals surface area (Å²) in [7, 11) is 0. The SMILES string of the molecule is CC(C)(C)SCC(=O)Nc1ccc(CC(=O)O)c(F)c1. The van der Waals surface area contributed by atoms with Crippen molar-refractivity contribution in [2.75, 3.05) is 11.1 Å². The van der Waals surface area contributed by atoms with Crippen molar-refractivity contribution in [1.82, 2.24) is 0 Å². The Labute approximate surface area is 121 Å². The minimum atomic E-state index is -1.10. The zero-order valence-corrected chi connectivity index (χ0v) is 12.5. The largest absolute Gasteiger partial charge is 0.481 e. The Morgan fingerprint density at radius 1 is 1.35 bits per heavy atom. The number of rotatable bonds is 5. The summed E-state index contributed by atoms with van der Waals surface area (Å²) in [5, 5.41) is 11.2. The van der Waals surface area contributed by atoms with Gasteiger partial charge in [0.2, 0.25) is 5.91 Å². The Morgan fingerprint density at radius 2 is 2.00 bits per heavy atom. The van der Waals surface area contributed by atoms with Crippen LogP contribution >= 0.6 is 11.8 Å². The van der Waals surface area contributed by atoms with E-state index in [0.717, 1.165) is 6.07 Å². The molecule has 0 fully saturated rings. The van der Waals surface area contributed by atoms with Crippen LogP contribution in [0.3, 0.4) is 0 Å². The molecule has 0 aliphatic rings. The van der Waals surface area contributed by atoms with E-state index in [1.54, 1.807) is 0 Å². The van der Waals surface area contributed by atoms with Gasteiger partial charge >= 0.3 is 5.97 Å². The number of halogens is 1. The zero-order chi connectivity index (χ0) is 15.3. The number of amides is 1. The predicted octanol–water partition coefficient (Wildman–Crippen LogP) is 2.92. The minimum absolute atomic E-state index is 0.0199. The Balaban J connectivity index is 2.63. The van der Waals surface area contributed by atoms with E-state index < -0.39 is 11.8 Å². The molecule has 0 heterocycles. The molecule has 0 unspecified atom stereocenters. The van der Waals surface area contributed by atoms with Crippen LogP contribution in [0.25, 0.3) is 0 Å². The Hall–Kier alpha value is -1.56. The Bertz CT molecular complexity index is 512. The van der Waals surface area contributed by atoms with Crippen LogP contribution in [0.15, 0.2) is 18.2 Å². The van der Waals surface area contributed by atoms with Crippen molar-refractivity contribution in [2.45, 2.75) is 31.9 Å². The molecular weight excluding hydrogens is 281 g/mol. The third-order valence-electron chi connectivity index (χ3n) is 2.31. The smallest absolute Gasteiger partial charge is 0.307 e. The second kappa shape index (κ2) is 6.74. The van der Waals surface area contributed by atoms with Crippen LogP contribution in [-0.4, -0.2) is 27.5 Å². The Kier molecular flexibility index (Phi) is 5.56. The van der Waals surface area contributed by atoms with Gasteiger partial charge in [-0.1, -0.05) is 26.8 Å². The maximum absolute atomic E-state index is 13.6. The molecular formula is C14H18FNO3S. The van der Waals surface area contributed by atoms with E-state index in [4.69, 9.17) is 5.11 Å². The van der Waals surface area contributed by atoms with Crippen molar-refractivity contribution in [1.29, 1.82) is 0 Å². The molecule has 110 valence electrons. The summed E-state index contributed by atoms with van der Waals surface area (Å²) >= 11 is 1.49. The number of thioether (sulfide) groups is 1. The van der Waals surface area contributed by atoms with Gasteiger partial charge in [-0.15, -0.1) is 11.8 Å². The van der Waals surface area contributed by atoms with Gasteiger partial charge in [0.05, 0.1) is 12.2 Å². The third-order valence-corrected chi connectivity index (χ3v) is 3.59. The van der Waals surface area contributed by atoms with Gasteiger partial charge in [-0.05, 0) is 17.7 Å². The van der Waals surface area contributed by atoms with E-state index in [9.17, 15) is 14.0 Å². The summed E-state index contributed by atoms with van der Waals surface area (Å²) in [5.41, 5.74) is 0.427. The highest BCUT2D eigenvalue weighted by Crippen LogP contribution is 2.23. The second-order valence-corrected chi connectivity index (χ2v) is 7.13. The number of hydrogen-bond donors (Lipinski definition) is 2. The summed E-state index contributed by atoms with van der Waals surface area (Å²) in [6, 6.07) is 4.01. The molecule has 0 saturated carbocycles. The summed E-state index contributed by atoms with van der Waals surface area (Å²) < 4.78 is 13.6. The fourth-order valence-electron chi connectivity index (χ4n) is 1.41. The van der Waals surface area contributed by atoms with Gasteiger partial charge in [-0.2, -0.15) is 0 Å². The normalized spacial score (nSPS) is 11.2. The molecule has 1 aromatic carbocycles.